The average molecular weight is 311 g/mol. The van der Waals surface area contributed by atoms with E-state index < -0.39 is 50.8 Å². The highest BCUT2D eigenvalue weighted by Gasteiger charge is 2.26. The molecule has 0 aliphatic carbocycles. The second kappa shape index (κ2) is 6.23. The fraction of sp³-hybridized carbons (Fsp3) is 0.364. The predicted octanol–water partition coefficient (Wildman–Crippen LogP) is 1.64. The molecule has 1 aromatic rings. The summed E-state index contributed by atoms with van der Waals surface area (Å²) in [4.78, 5) is 9.47. The van der Waals surface area contributed by atoms with Crippen LogP contribution in [0.25, 0.3) is 0 Å². The number of benzene rings is 1. The molecule has 0 radical (unpaired) electrons. The largest absolute Gasteiger partial charge is 0.481 e. The van der Waals surface area contributed by atoms with Gasteiger partial charge in [0.1, 0.15) is 4.90 Å². The van der Waals surface area contributed by atoms with E-state index in [9.17, 15) is 26.4 Å². The van der Waals surface area contributed by atoms with Gasteiger partial charge in [-0.2, -0.15) is 0 Å². The minimum Gasteiger partial charge on any atom is -0.481 e. The molecule has 5 nitrogen and oxygen atoms in total. The lowest BCUT2D eigenvalue weighted by atomic mass is 10.2. The van der Waals surface area contributed by atoms with Crippen LogP contribution in [-0.2, 0) is 14.8 Å². The van der Waals surface area contributed by atoms with Gasteiger partial charge in [0.25, 0.3) is 0 Å². The smallest absolute Gasteiger partial charge is 0.304 e. The summed E-state index contributed by atoms with van der Waals surface area (Å²) in [6, 6.07) is 0.0688. The molecule has 0 bridgehead atoms. The highest BCUT2D eigenvalue weighted by atomic mass is 32.2. The van der Waals surface area contributed by atoms with Gasteiger partial charge in [-0.05, 0) is 18.6 Å². The normalized spacial score (nSPS) is 13.2. The second-order valence-electron chi connectivity index (χ2n) is 4.00. The third-order valence-electron chi connectivity index (χ3n) is 2.52. The van der Waals surface area contributed by atoms with Crippen molar-refractivity contribution in [1.82, 2.24) is 4.72 Å². The summed E-state index contributed by atoms with van der Waals surface area (Å²) in [5, 5.41) is 8.60. The van der Waals surface area contributed by atoms with Crippen molar-refractivity contribution in [2.24, 2.45) is 0 Å². The van der Waals surface area contributed by atoms with Crippen LogP contribution < -0.4 is 4.72 Å². The molecular weight excluding hydrogens is 299 g/mol. The first-order chi connectivity index (χ1) is 9.19. The first kappa shape index (κ1) is 16.4. The molecule has 1 rings (SSSR count). The zero-order valence-corrected chi connectivity index (χ0v) is 11.2. The van der Waals surface area contributed by atoms with E-state index in [2.05, 4.69) is 0 Å². The zero-order chi connectivity index (χ0) is 15.5. The minimum absolute atomic E-state index is 0.136. The van der Waals surface area contributed by atoms with Crippen LogP contribution in [0.4, 0.5) is 13.2 Å². The van der Waals surface area contributed by atoms with Gasteiger partial charge in [0.05, 0.1) is 6.42 Å². The number of rotatable bonds is 6. The van der Waals surface area contributed by atoms with E-state index in [1.807, 2.05) is 4.72 Å². The zero-order valence-electron chi connectivity index (χ0n) is 10.4. The molecule has 0 fully saturated rings. The lowest BCUT2D eigenvalue weighted by Gasteiger charge is -2.15. The number of sulfonamides is 1. The van der Waals surface area contributed by atoms with Crippen LogP contribution in [0.3, 0.4) is 0 Å². The van der Waals surface area contributed by atoms with Crippen molar-refractivity contribution in [2.75, 3.05) is 0 Å². The highest BCUT2D eigenvalue weighted by molar-refractivity contribution is 7.89. The van der Waals surface area contributed by atoms with E-state index in [-0.39, 0.29) is 6.42 Å². The third-order valence-corrected chi connectivity index (χ3v) is 4.06. The van der Waals surface area contributed by atoms with Crippen LogP contribution in [-0.4, -0.2) is 25.5 Å². The minimum atomic E-state index is -4.48. The Morgan fingerprint density at radius 2 is 1.90 bits per heavy atom. The molecule has 9 heteroatoms. The number of halogens is 3. The van der Waals surface area contributed by atoms with Gasteiger partial charge in [-0.25, -0.2) is 26.3 Å². The molecule has 0 saturated heterocycles. The Hall–Kier alpha value is -1.61. The summed E-state index contributed by atoms with van der Waals surface area (Å²) < 4.78 is 64.8. The lowest BCUT2D eigenvalue weighted by molar-refractivity contribution is -0.137. The van der Waals surface area contributed by atoms with Crippen LogP contribution in [0, 0.1) is 17.5 Å². The van der Waals surface area contributed by atoms with E-state index in [1.54, 1.807) is 0 Å². The quantitative estimate of drug-likeness (QED) is 0.782. The average Bonchev–Trinajstić information content (AvgIpc) is 2.33. The Balaban J connectivity index is 3.11. The van der Waals surface area contributed by atoms with Gasteiger partial charge in [0, 0.05) is 6.04 Å². The Bertz CT molecular complexity index is 618. The van der Waals surface area contributed by atoms with Crippen molar-refractivity contribution in [2.45, 2.75) is 30.7 Å². The van der Waals surface area contributed by atoms with E-state index in [0.29, 0.717) is 12.1 Å². The van der Waals surface area contributed by atoms with Gasteiger partial charge < -0.3 is 5.11 Å². The molecule has 0 aliphatic heterocycles. The molecule has 0 spiro atoms. The van der Waals surface area contributed by atoms with Gasteiger partial charge in [0.2, 0.25) is 10.0 Å². The van der Waals surface area contributed by atoms with Crippen molar-refractivity contribution in [3.63, 3.8) is 0 Å². The van der Waals surface area contributed by atoms with Crippen molar-refractivity contribution in [1.29, 1.82) is 0 Å². The van der Waals surface area contributed by atoms with Crippen molar-refractivity contribution >= 4 is 16.0 Å². The number of aliphatic carboxylic acids is 1. The molecule has 20 heavy (non-hydrogen) atoms. The number of carboxylic acid groups (broad SMARTS) is 1. The molecule has 2 N–H and O–H groups in total. The number of nitrogens with one attached hydrogen (secondary N) is 1. The maximum atomic E-state index is 13.4. The second-order valence-corrected chi connectivity index (χ2v) is 5.68. The molecule has 1 unspecified atom stereocenters. The maximum absolute atomic E-state index is 13.4. The van der Waals surface area contributed by atoms with E-state index in [1.165, 1.54) is 6.92 Å². The Labute approximate surface area is 113 Å². The summed E-state index contributed by atoms with van der Waals surface area (Å²) in [5.41, 5.74) is 0. The third kappa shape index (κ3) is 3.70. The van der Waals surface area contributed by atoms with Crippen LogP contribution in [0.2, 0.25) is 0 Å². The molecule has 1 aromatic carbocycles. The van der Waals surface area contributed by atoms with Crippen LogP contribution in [0.5, 0.6) is 0 Å². The predicted molar refractivity (Wildman–Crippen MR) is 63.0 cm³/mol. The summed E-state index contributed by atoms with van der Waals surface area (Å²) >= 11 is 0. The van der Waals surface area contributed by atoms with Gasteiger partial charge in [-0.3, -0.25) is 4.79 Å². The van der Waals surface area contributed by atoms with Crippen LogP contribution >= 0.6 is 0 Å². The van der Waals surface area contributed by atoms with Crippen LogP contribution in [0.1, 0.15) is 19.8 Å². The summed E-state index contributed by atoms with van der Waals surface area (Å²) in [6.45, 7) is 1.53. The van der Waals surface area contributed by atoms with E-state index in [0.717, 1.165) is 0 Å². The van der Waals surface area contributed by atoms with Gasteiger partial charge in [0.15, 0.2) is 17.5 Å². The lowest BCUT2D eigenvalue weighted by Crippen LogP contribution is -2.36. The maximum Gasteiger partial charge on any atom is 0.304 e. The first-order valence-electron chi connectivity index (χ1n) is 5.56. The number of carbonyl (C=O) groups is 1. The topological polar surface area (TPSA) is 83.5 Å². The van der Waals surface area contributed by atoms with E-state index >= 15 is 0 Å². The van der Waals surface area contributed by atoms with Crippen LogP contribution in [0.15, 0.2) is 17.0 Å². The monoisotopic (exact) mass is 311 g/mol. The van der Waals surface area contributed by atoms with Gasteiger partial charge in [-0.1, -0.05) is 6.92 Å². The van der Waals surface area contributed by atoms with Gasteiger partial charge >= 0.3 is 5.97 Å². The van der Waals surface area contributed by atoms with Crippen molar-refractivity contribution in [3.8, 4) is 0 Å². The first-order valence-corrected chi connectivity index (χ1v) is 7.05. The number of hydrogen-bond acceptors (Lipinski definition) is 3. The molecule has 1 atom stereocenters. The highest BCUT2D eigenvalue weighted by Crippen LogP contribution is 2.20. The molecule has 0 aliphatic rings. The number of carboxylic acids is 1. The Morgan fingerprint density at radius 1 is 1.30 bits per heavy atom. The summed E-state index contributed by atoms with van der Waals surface area (Å²) in [7, 11) is -4.48. The molecule has 0 saturated carbocycles. The fourth-order valence-electron chi connectivity index (χ4n) is 1.48. The standard InChI is InChI=1S/C11H12F3NO4S/c1-2-6(5-9(16)17)15-20(18,19)8-4-3-7(12)10(13)11(8)14/h3-4,6,15H,2,5H2,1H3,(H,16,17). The Kier molecular flexibility index (Phi) is 5.12. The summed E-state index contributed by atoms with van der Waals surface area (Å²) in [6.07, 6.45) is -0.377. The molecule has 0 amide bonds. The number of hydrogen-bond donors (Lipinski definition) is 2. The fourth-order valence-corrected chi connectivity index (χ4v) is 2.87. The molecule has 112 valence electrons. The molecule has 0 heterocycles. The summed E-state index contributed by atoms with van der Waals surface area (Å²) in [5.74, 6) is -6.51. The molecular formula is C11H12F3NO4S. The Morgan fingerprint density at radius 3 is 2.40 bits per heavy atom. The van der Waals surface area contributed by atoms with Gasteiger partial charge in [-0.15, -0.1) is 0 Å². The SMILES string of the molecule is CCC(CC(=O)O)NS(=O)(=O)c1ccc(F)c(F)c1F. The van der Waals surface area contributed by atoms with Crippen molar-refractivity contribution < 1.29 is 31.5 Å². The molecule has 0 aromatic heterocycles. The van der Waals surface area contributed by atoms with E-state index in [4.69, 9.17) is 5.11 Å². The van der Waals surface area contributed by atoms with Crippen molar-refractivity contribution in [3.05, 3.63) is 29.6 Å².